The number of fused-ring (bicyclic) bond motifs is 1. The van der Waals surface area contributed by atoms with Crippen LogP contribution in [0.4, 0.5) is 11.4 Å². The van der Waals surface area contributed by atoms with Crippen LogP contribution in [0.1, 0.15) is 60.4 Å². The van der Waals surface area contributed by atoms with Gasteiger partial charge in [-0.2, -0.15) is 0 Å². The first-order chi connectivity index (χ1) is 15.5. The maximum absolute atomic E-state index is 13.6. The molecule has 3 amide bonds. The van der Waals surface area contributed by atoms with Crippen LogP contribution in [-0.2, 0) is 4.79 Å². The normalized spacial score (nSPS) is 15.8. The van der Waals surface area contributed by atoms with Gasteiger partial charge in [-0.05, 0) is 61.6 Å². The Kier molecular flexibility index (Phi) is 7.22. The molecule has 1 heterocycles. The second-order valence-corrected chi connectivity index (χ2v) is 9.96. The summed E-state index contributed by atoms with van der Waals surface area (Å²) in [6, 6.07) is 11.8. The average Bonchev–Trinajstić information content (AvgIpc) is 2.77. The van der Waals surface area contributed by atoms with E-state index in [1.165, 1.54) is 0 Å². The summed E-state index contributed by atoms with van der Waals surface area (Å²) < 4.78 is 0. The average molecular weight is 451 g/mol. The number of nitrogens with zero attached hydrogens (tertiary/aromatic N) is 1. The summed E-state index contributed by atoms with van der Waals surface area (Å²) in [5.41, 5.74) is 8.47. The number of nitrogens with one attached hydrogen (secondary N) is 2. The number of nitrogens with two attached hydrogens (primary N) is 1. The van der Waals surface area contributed by atoms with Crippen LogP contribution < -0.4 is 21.3 Å². The fourth-order valence-electron chi connectivity index (χ4n) is 3.81. The fourth-order valence-corrected chi connectivity index (χ4v) is 3.81. The molecular weight excluding hydrogens is 416 g/mol. The number of aryl methyl sites for hydroxylation is 1. The monoisotopic (exact) mass is 450 g/mol. The minimum atomic E-state index is -0.629. The van der Waals surface area contributed by atoms with Crippen molar-refractivity contribution in [1.29, 1.82) is 0 Å². The molecular formula is C26H34N4O3. The molecule has 0 bridgehead atoms. The Balaban J connectivity index is 1.97. The summed E-state index contributed by atoms with van der Waals surface area (Å²) in [7, 11) is 0. The summed E-state index contributed by atoms with van der Waals surface area (Å²) in [6.45, 7) is 10.8. The van der Waals surface area contributed by atoms with Crippen molar-refractivity contribution < 1.29 is 14.4 Å². The molecule has 2 aromatic rings. The molecule has 0 aliphatic carbocycles. The molecule has 1 atom stereocenters. The quantitative estimate of drug-likeness (QED) is 0.598. The number of carbonyl (C=O) groups is 3. The molecule has 7 heteroatoms. The molecule has 0 radical (unpaired) electrons. The highest BCUT2D eigenvalue weighted by atomic mass is 16.2. The third-order valence-corrected chi connectivity index (χ3v) is 5.85. The van der Waals surface area contributed by atoms with Crippen molar-refractivity contribution in [3.05, 3.63) is 59.2 Å². The van der Waals surface area contributed by atoms with Gasteiger partial charge in [0.2, 0.25) is 5.91 Å². The number of rotatable bonds is 7. The highest BCUT2D eigenvalue weighted by Crippen LogP contribution is 2.36. The van der Waals surface area contributed by atoms with E-state index in [0.29, 0.717) is 42.0 Å². The molecule has 2 aromatic carbocycles. The van der Waals surface area contributed by atoms with Crippen molar-refractivity contribution in [2.24, 2.45) is 17.1 Å². The Hall–Kier alpha value is -3.19. The van der Waals surface area contributed by atoms with Crippen LogP contribution in [0.15, 0.2) is 42.5 Å². The van der Waals surface area contributed by atoms with Crippen LogP contribution in [-0.4, -0.2) is 36.9 Å². The zero-order valence-corrected chi connectivity index (χ0v) is 20.1. The van der Waals surface area contributed by atoms with E-state index < -0.39 is 6.04 Å². The lowest BCUT2D eigenvalue weighted by atomic mass is 9.93. The topological polar surface area (TPSA) is 105 Å². The van der Waals surface area contributed by atoms with E-state index in [0.717, 1.165) is 5.56 Å². The summed E-state index contributed by atoms with van der Waals surface area (Å²) in [5, 5.41) is 5.81. The number of hydrogen-bond acceptors (Lipinski definition) is 4. The van der Waals surface area contributed by atoms with Gasteiger partial charge in [-0.25, -0.2) is 0 Å². The summed E-state index contributed by atoms with van der Waals surface area (Å²) in [5.74, 6) is -0.526. The van der Waals surface area contributed by atoms with Crippen LogP contribution in [0.5, 0.6) is 0 Å². The van der Waals surface area contributed by atoms with Crippen molar-refractivity contribution in [2.45, 2.75) is 47.1 Å². The van der Waals surface area contributed by atoms with E-state index in [4.69, 9.17) is 5.73 Å². The molecule has 0 aromatic heterocycles. The van der Waals surface area contributed by atoms with Gasteiger partial charge in [-0.1, -0.05) is 45.4 Å². The van der Waals surface area contributed by atoms with E-state index in [1.807, 2.05) is 52.8 Å². The van der Waals surface area contributed by atoms with E-state index in [2.05, 4.69) is 10.6 Å². The first-order valence-corrected chi connectivity index (χ1v) is 11.4. The van der Waals surface area contributed by atoms with Gasteiger partial charge in [0.05, 0.1) is 11.4 Å². The predicted molar refractivity (Wildman–Crippen MR) is 131 cm³/mol. The minimum Gasteiger partial charge on any atom is -0.351 e. The van der Waals surface area contributed by atoms with Crippen molar-refractivity contribution >= 4 is 29.1 Å². The van der Waals surface area contributed by atoms with Crippen LogP contribution in [0.3, 0.4) is 0 Å². The highest BCUT2D eigenvalue weighted by molar-refractivity contribution is 6.17. The van der Waals surface area contributed by atoms with Crippen molar-refractivity contribution in [2.75, 3.05) is 23.3 Å². The molecule has 1 aliphatic heterocycles. The highest BCUT2D eigenvalue weighted by Gasteiger charge is 2.38. The van der Waals surface area contributed by atoms with Gasteiger partial charge < -0.3 is 16.4 Å². The molecule has 0 fully saturated rings. The van der Waals surface area contributed by atoms with E-state index >= 15 is 0 Å². The molecule has 3 rings (SSSR count). The van der Waals surface area contributed by atoms with Crippen LogP contribution in [0.25, 0.3) is 0 Å². The Morgan fingerprint density at radius 2 is 1.88 bits per heavy atom. The van der Waals surface area contributed by atoms with E-state index in [9.17, 15) is 14.4 Å². The lowest BCUT2D eigenvalue weighted by Crippen LogP contribution is -2.51. The minimum absolute atomic E-state index is 0.214. The maximum Gasteiger partial charge on any atom is 0.259 e. The number of amides is 3. The Bertz CT molecular complexity index is 1060. The lowest BCUT2D eigenvalue weighted by molar-refractivity contribution is -0.117. The van der Waals surface area contributed by atoms with Crippen molar-refractivity contribution in [3.63, 3.8) is 0 Å². The Morgan fingerprint density at radius 3 is 2.52 bits per heavy atom. The molecule has 0 saturated heterocycles. The van der Waals surface area contributed by atoms with Gasteiger partial charge in [-0.15, -0.1) is 0 Å². The van der Waals surface area contributed by atoms with Gasteiger partial charge in [0.25, 0.3) is 11.8 Å². The zero-order chi connectivity index (χ0) is 24.3. The molecule has 1 unspecified atom stereocenters. The summed E-state index contributed by atoms with van der Waals surface area (Å²) in [4.78, 5) is 40.9. The lowest BCUT2D eigenvalue weighted by Gasteiger charge is -2.37. The van der Waals surface area contributed by atoms with Crippen LogP contribution in [0.2, 0.25) is 0 Å². The molecule has 1 aliphatic rings. The van der Waals surface area contributed by atoms with Crippen molar-refractivity contribution in [3.8, 4) is 0 Å². The van der Waals surface area contributed by atoms with E-state index in [1.54, 1.807) is 29.2 Å². The number of anilines is 2. The first-order valence-electron chi connectivity index (χ1n) is 11.4. The molecule has 176 valence electrons. The SMILES string of the molecule is Cc1cccc(C(=O)N2c3ccc(C(=O)NCC(C)(C)CN)cc3NC(=O)C2CC(C)C)c1. The van der Waals surface area contributed by atoms with Gasteiger partial charge >= 0.3 is 0 Å². The second-order valence-electron chi connectivity index (χ2n) is 9.96. The summed E-state index contributed by atoms with van der Waals surface area (Å²) in [6.07, 6.45) is 0.527. The van der Waals surface area contributed by atoms with Gasteiger partial charge in [0.15, 0.2) is 0 Å². The van der Waals surface area contributed by atoms with Crippen LogP contribution >= 0.6 is 0 Å². The van der Waals surface area contributed by atoms with Gasteiger partial charge in [-0.3, -0.25) is 19.3 Å². The van der Waals surface area contributed by atoms with Gasteiger partial charge in [0.1, 0.15) is 6.04 Å². The van der Waals surface area contributed by atoms with E-state index in [-0.39, 0.29) is 29.1 Å². The fraction of sp³-hybridized carbons (Fsp3) is 0.423. The number of benzene rings is 2. The third kappa shape index (κ3) is 5.60. The molecule has 33 heavy (non-hydrogen) atoms. The molecule has 0 saturated carbocycles. The number of carbonyl (C=O) groups excluding carboxylic acids is 3. The summed E-state index contributed by atoms with van der Waals surface area (Å²) >= 11 is 0. The standard InChI is InChI=1S/C26H34N4O3/c1-16(2)11-22-24(32)29-20-13-18(23(31)28-15-26(4,5)14-27)9-10-21(20)30(22)25(33)19-8-6-7-17(3)12-19/h6-10,12-13,16,22H,11,14-15,27H2,1-5H3,(H,28,31)(H,29,32). The molecule has 7 nitrogen and oxygen atoms in total. The van der Waals surface area contributed by atoms with Crippen LogP contribution in [0, 0.1) is 18.3 Å². The largest absolute Gasteiger partial charge is 0.351 e. The Labute approximate surface area is 195 Å². The molecule has 4 N–H and O–H groups in total. The smallest absolute Gasteiger partial charge is 0.259 e. The van der Waals surface area contributed by atoms with Crippen molar-refractivity contribution in [1.82, 2.24) is 5.32 Å². The zero-order valence-electron chi connectivity index (χ0n) is 20.1. The third-order valence-electron chi connectivity index (χ3n) is 5.85. The van der Waals surface area contributed by atoms with Gasteiger partial charge in [0, 0.05) is 17.7 Å². The second kappa shape index (κ2) is 9.75. The Morgan fingerprint density at radius 1 is 1.15 bits per heavy atom. The maximum atomic E-state index is 13.6. The first kappa shape index (κ1) is 24.5. The predicted octanol–water partition coefficient (Wildman–Crippen LogP) is 3.72. The number of hydrogen-bond donors (Lipinski definition) is 3. The molecule has 0 spiro atoms.